The van der Waals surface area contributed by atoms with Crippen LogP contribution in [-0.2, 0) is 19.3 Å². The second-order valence-corrected chi connectivity index (χ2v) is 9.06. The first-order chi connectivity index (χ1) is 16.5. The lowest BCUT2D eigenvalue weighted by Crippen LogP contribution is -2.02. The van der Waals surface area contributed by atoms with Gasteiger partial charge in [-0.15, -0.1) is 0 Å². The van der Waals surface area contributed by atoms with Crippen LogP contribution in [0.1, 0.15) is 55.4 Å². The molecule has 0 bridgehead atoms. The topological polar surface area (TPSA) is 0 Å². The molecule has 0 radical (unpaired) electrons. The molecule has 0 N–H and O–H groups in total. The number of rotatable bonds is 8. The van der Waals surface area contributed by atoms with Gasteiger partial charge < -0.3 is 0 Å². The zero-order valence-corrected chi connectivity index (χ0v) is 19.9. The summed E-state index contributed by atoms with van der Waals surface area (Å²) in [4.78, 5) is 0. The van der Waals surface area contributed by atoms with Crippen LogP contribution in [0.5, 0.6) is 0 Å². The third-order valence-electron chi connectivity index (χ3n) is 6.71. The molecular weight excluding hydrogens is 429 g/mol. The van der Waals surface area contributed by atoms with E-state index in [9.17, 15) is 13.2 Å². The predicted octanol–water partition coefficient (Wildman–Crippen LogP) is 9.04. The van der Waals surface area contributed by atoms with Crippen molar-refractivity contribution in [2.45, 2.75) is 52.4 Å². The van der Waals surface area contributed by atoms with Crippen LogP contribution in [0.3, 0.4) is 0 Å². The Morgan fingerprint density at radius 2 is 1.41 bits per heavy atom. The Labute approximate surface area is 200 Å². The number of halogens is 3. The second-order valence-electron chi connectivity index (χ2n) is 9.06. The molecule has 1 aliphatic rings. The molecule has 0 aromatic heterocycles. The van der Waals surface area contributed by atoms with Crippen LogP contribution in [0.15, 0.2) is 78.6 Å². The Morgan fingerprint density at radius 3 is 2.06 bits per heavy atom. The van der Waals surface area contributed by atoms with E-state index in [4.69, 9.17) is 0 Å². The molecule has 0 heterocycles. The maximum absolute atomic E-state index is 14.8. The Morgan fingerprint density at radius 1 is 0.735 bits per heavy atom. The molecule has 3 aromatic carbocycles. The molecule has 0 saturated carbocycles. The van der Waals surface area contributed by atoms with Crippen molar-refractivity contribution in [2.24, 2.45) is 5.92 Å². The van der Waals surface area contributed by atoms with Crippen molar-refractivity contribution in [3.05, 3.63) is 113 Å². The maximum Gasteiger partial charge on any atom is 0.166 e. The summed E-state index contributed by atoms with van der Waals surface area (Å²) in [5.74, 6) is -1.45. The lowest BCUT2D eigenvalue weighted by atomic mass is 9.89. The molecule has 0 amide bonds. The van der Waals surface area contributed by atoms with Gasteiger partial charge in [-0.1, -0.05) is 87.0 Å². The summed E-state index contributed by atoms with van der Waals surface area (Å²) >= 11 is 0. The smallest absolute Gasteiger partial charge is 0.166 e. The number of allylic oxidation sites excluding steroid dienone is 4. The first-order valence-electron chi connectivity index (χ1n) is 12.2. The normalized spacial score (nSPS) is 15.7. The minimum Gasteiger partial charge on any atom is -0.207 e. The Kier molecular flexibility index (Phi) is 7.72. The fourth-order valence-electron chi connectivity index (χ4n) is 4.61. The van der Waals surface area contributed by atoms with Gasteiger partial charge in [-0.3, -0.25) is 0 Å². The Bertz CT molecular complexity index is 1180. The molecule has 1 unspecified atom stereocenters. The standard InChI is InChI=1S/C31H31F3/c1-3-5-23-11-18-27(29(32)20-23)24-14-8-22(9-15-24)10-16-26-17-19-28(31(34)30(26)33)25-12-6-21(4-2)7-13-25/h6-9,12-15,17-20,23H,3-5,10-11,16H2,1-2H3. The van der Waals surface area contributed by atoms with Crippen molar-refractivity contribution < 1.29 is 13.2 Å². The van der Waals surface area contributed by atoms with Crippen molar-refractivity contribution in [1.29, 1.82) is 0 Å². The third-order valence-corrected chi connectivity index (χ3v) is 6.71. The lowest BCUT2D eigenvalue weighted by Gasteiger charge is -2.17. The van der Waals surface area contributed by atoms with Gasteiger partial charge in [-0.05, 0) is 71.9 Å². The average molecular weight is 461 g/mol. The molecule has 34 heavy (non-hydrogen) atoms. The van der Waals surface area contributed by atoms with Crippen LogP contribution < -0.4 is 0 Å². The molecule has 0 nitrogen and oxygen atoms in total. The van der Waals surface area contributed by atoms with Gasteiger partial charge in [0.2, 0.25) is 0 Å². The molecule has 0 spiro atoms. The van der Waals surface area contributed by atoms with Gasteiger partial charge in [-0.25, -0.2) is 13.2 Å². The Balaban J connectivity index is 1.43. The second kappa shape index (κ2) is 10.9. The fourth-order valence-corrected chi connectivity index (χ4v) is 4.61. The molecule has 176 valence electrons. The van der Waals surface area contributed by atoms with Gasteiger partial charge in [0, 0.05) is 11.1 Å². The molecule has 1 aliphatic carbocycles. The first-order valence-corrected chi connectivity index (χ1v) is 12.2. The maximum atomic E-state index is 14.8. The summed E-state index contributed by atoms with van der Waals surface area (Å²) in [5.41, 5.74) is 4.98. The van der Waals surface area contributed by atoms with E-state index in [0.717, 1.165) is 42.4 Å². The van der Waals surface area contributed by atoms with Crippen LogP contribution in [0.2, 0.25) is 0 Å². The summed E-state index contributed by atoms with van der Waals surface area (Å²) in [6.07, 6.45) is 8.52. The fraction of sp³-hybridized carbons (Fsp3) is 0.290. The van der Waals surface area contributed by atoms with Crippen LogP contribution in [0, 0.1) is 17.6 Å². The van der Waals surface area contributed by atoms with Gasteiger partial charge in [0.25, 0.3) is 0 Å². The number of hydrogen-bond donors (Lipinski definition) is 0. The van der Waals surface area contributed by atoms with E-state index in [2.05, 4.69) is 13.8 Å². The molecule has 3 heteroatoms. The number of benzene rings is 3. The minimum absolute atomic E-state index is 0.153. The quantitative estimate of drug-likeness (QED) is 0.314. The summed E-state index contributed by atoms with van der Waals surface area (Å²) in [6, 6.07) is 18.6. The van der Waals surface area contributed by atoms with Gasteiger partial charge >= 0.3 is 0 Å². The molecule has 4 rings (SSSR count). The van der Waals surface area contributed by atoms with E-state index in [0.29, 0.717) is 29.5 Å². The van der Waals surface area contributed by atoms with Gasteiger partial charge in [0.05, 0.1) is 0 Å². The molecule has 3 aromatic rings. The van der Waals surface area contributed by atoms with Gasteiger partial charge in [0.15, 0.2) is 11.6 Å². The molecular formula is C31H31F3. The highest BCUT2D eigenvalue weighted by molar-refractivity contribution is 5.78. The van der Waals surface area contributed by atoms with Crippen LogP contribution in [-0.4, -0.2) is 0 Å². The summed E-state index contributed by atoms with van der Waals surface area (Å²) < 4.78 is 44.2. The van der Waals surface area contributed by atoms with E-state index in [1.165, 1.54) is 0 Å². The molecule has 0 aliphatic heterocycles. The highest BCUT2D eigenvalue weighted by atomic mass is 19.2. The predicted molar refractivity (Wildman–Crippen MR) is 135 cm³/mol. The first kappa shape index (κ1) is 24.1. The number of hydrogen-bond acceptors (Lipinski definition) is 0. The summed E-state index contributed by atoms with van der Waals surface area (Å²) in [6.45, 7) is 4.17. The zero-order chi connectivity index (χ0) is 24.1. The minimum atomic E-state index is -0.801. The van der Waals surface area contributed by atoms with E-state index < -0.39 is 11.6 Å². The largest absolute Gasteiger partial charge is 0.207 e. The summed E-state index contributed by atoms with van der Waals surface area (Å²) in [7, 11) is 0. The monoisotopic (exact) mass is 460 g/mol. The van der Waals surface area contributed by atoms with Crippen LogP contribution >= 0.6 is 0 Å². The van der Waals surface area contributed by atoms with Crippen molar-refractivity contribution in [1.82, 2.24) is 0 Å². The van der Waals surface area contributed by atoms with Crippen molar-refractivity contribution in [3.8, 4) is 11.1 Å². The zero-order valence-electron chi connectivity index (χ0n) is 19.9. The van der Waals surface area contributed by atoms with Crippen LogP contribution in [0.4, 0.5) is 13.2 Å². The van der Waals surface area contributed by atoms with E-state index in [1.54, 1.807) is 18.2 Å². The van der Waals surface area contributed by atoms with E-state index >= 15 is 0 Å². The molecule has 0 fully saturated rings. The SMILES string of the molecule is CCCC1C=C(F)C(c2ccc(CCc3ccc(-c4ccc(CC)cc4)c(F)c3F)cc2)=CC1. The highest BCUT2D eigenvalue weighted by Gasteiger charge is 2.17. The van der Waals surface area contributed by atoms with E-state index in [-0.39, 0.29) is 17.3 Å². The highest BCUT2D eigenvalue weighted by Crippen LogP contribution is 2.33. The lowest BCUT2D eigenvalue weighted by molar-refractivity contribution is 0.501. The van der Waals surface area contributed by atoms with Crippen molar-refractivity contribution >= 4 is 5.57 Å². The molecule has 1 atom stereocenters. The third kappa shape index (κ3) is 5.35. The van der Waals surface area contributed by atoms with Crippen molar-refractivity contribution in [3.63, 3.8) is 0 Å². The molecule has 0 saturated heterocycles. The Hall–Kier alpha value is -3.07. The van der Waals surface area contributed by atoms with Crippen LogP contribution in [0.25, 0.3) is 16.7 Å². The summed E-state index contributed by atoms with van der Waals surface area (Å²) in [5, 5.41) is 0. The van der Waals surface area contributed by atoms with Crippen molar-refractivity contribution in [2.75, 3.05) is 0 Å². The number of aryl methyl sites for hydroxylation is 3. The average Bonchev–Trinajstić information content (AvgIpc) is 2.86. The van der Waals surface area contributed by atoms with Gasteiger partial charge in [0.1, 0.15) is 5.83 Å². The van der Waals surface area contributed by atoms with Gasteiger partial charge in [-0.2, -0.15) is 0 Å². The van der Waals surface area contributed by atoms with E-state index in [1.807, 2.05) is 54.6 Å².